The Morgan fingerprint density at radius 2 is 1.28 bits per heavy atom. The number of ketones is 1. The molecular weight excluding hydrogens is 528 g/mol. The fraction of sp³-hybridized carbons (Fsp3) is 0.325. The summed E-state index contributed by atoms with van der Waals surface area (Å²) in [7, 11) is 0. The van der Waals surface area contributed by atoms with Crippen molar-refractivity contribution in [3.63, 3.8) is 0 Å². The number of carbonyl (C=O) groups is 1. The molecule has 0 spiro atoms. The fourth-order valence-corrected chi connectivity index (χ4v) is 4.96. The first-order valence-electron chi connectivity index (χ1n) is 15.0. The standard InChI is InChI=1S/C40H50O3/c1-28(16-12-18-30(3)20-23-35-24-22-32(5)33(6)36(35)27-41)14-10-11-15-29(2)17-13-19-31(4)21-25-37-34(7)39(43)38(42)26-40(37,8)9/h10-25,38,41-42H,26-27H2,1-9H3/b11-10+,16-12+,17-13+,23-20+,25-21+,28-14+,29-15+,30-18+,31-19+. The second kappa shape index (κ2) is 16.7. The fourth-order valence-electron chi connectivity index (χ4n) is 4.96. The molecule has 0 saturated heterocycles. The summed E-state index contributed by atoms with van der Waals surface area (Å²) in [4.78, 5) is 12.2. The molecule has 0 aromatic heterocycles. The number of aliphatic hydroxyl groups excluding tert-OH is 2. The molecule has 0 aliphatic heterocycles. The summed E-state index contributed by atoms with van der Waals surface area (Å²) in [6, 6.07) is 4.15. The summed E-state index contributed by atoms with van der Waals surface area (Å²) in [5, 5.41) is 19.8. The minimum absolute atomic E-state index is 0.0439. The number of benzene rings is 1. The number of aryl methyl sites for hydroxylation is 1. The maximum Gasteiger partial charge on any atom is 0.187 e. The third-order valence-corrected chi connectivity index (χ3v) is 7.88. The summed E-state index contributed by atoms with van der Waals surface area (Å²) in [5.74, 6) is -0.169. The largest absolute Gasteiger partial charge is 0.392 e. The molecule has 0 radical (unpaired) electrons. The van der Waals surface area contributed by atoms with E-state index in [4.69, 9.17) is 0 Å². The minimum atomic E-state index is -0.900. The van der Waals surface area contributed by atoms with E-state index in [-0.39, 0.29) is 17.8 Å². The van der Waals surface area contributed by atoms with Crippen LogP contribution in [0.3, 0.4) is 0 Å². The normalized spacial score (nSPS) is 19.5. The van der Waals surface area contributed by atoms with Crippen molar-refractivity contribution in [2.75, 3.05) is 0 Å². The molecule has 1 aromatic rings. The van der Waals surface area contributed by atoms with Gasteiger partial charge in [0, 0.05) is 0 Å². The van der Waals surface area contributed by atoms with Gasteiger partial charge in [0.15, 0.2) is 5.78 Å². The van der Waals surface area contributed by atoms with E-state index in [2.05, 4.69) is 103 Å². The summed E-state index contributed by atoms with van der Waals surface area (Å²) < 4.78 is 0. The Morgan fingerprint density at radius 1 is 0.791 bits per heavy atom. The molecule has 2 rings (SSSR count). The van der Waals surface area contributed by atoms with E-state index >= 15 is 0 Å². The molecule has 1 unspecified atom stereocenters. The van der Waals surface area contributed by atoms with Gasteiger partial charge in [-0.05, 0) is 93.7 Å². The van der Waals surface area contributed by atoms with Crippen LogP contribution in [0.25, 0.3) is 6.08 Å². The van der Waals surface area contributed by atoms with Gasteiger partial charge in [0.2, 0.25) is 0 Å². The molecule has 1 aliphatic carbocycles. The lowest BCUT2D eigenvalue weighted by molar-refractivity contribution is -0.125. The number of Topliss-reactive ketones (excluding diaryl/α,β-unsaturated/α-hetero) is 1. The zero-order valence-corrected chi connectivity index (χ0v) is 27.5. The Morgan fingerprint density at radius 3 is 1.81 bits per heavy atom. The van der Waals surface area contributed by atoms with Gasteiger partial charge in [-0.3, -0.25) is 4.79 Å². The second-order valence-corrected chi connectivity index (χ2v) is 12.2. The van der Waals surface area contributed by atoms with Gasteiger partial charge in [-0.25, -0.2) is 0 Å². The van der Waals surface area contributed by atoms with E-state index < -0.39 is 6.10 Å². The highest BCUT2D eigenvalue weighted by molar-refractivity contribution is 6.00. The molecule has 0 amide bonds. The van der Waals surface area contributed by atoms with Crippen LogP contribution in [-0.4, -0.2) is 22.1 Å². The quantitative estimate of drug-likeness (QED) is 0.257. The topological polar surface area (TPSA) is 57.5 Å². The van der Waals surface area contributed by atoms with Crippen LogP contribution < -0.4 is 0 Å². The lowest BCUT2D eigenvalue weighted by Crippen LogP contribution is -2.35. The van der Waals surface area contributed by atoms with Gasteiger partial charge in [-0.2, -0.15) is 0 Å². The van der Waals surface area contributed by atoms with Crippen molar-refractivity contribution in [2.45, 2.75) is 81.4 Å². The van der Waals surface area contributed by atoms with Crippen LogP contribution in [0.5, 0.6) is 0 Å². The van der Waals surface area contributed by atoms with Crippen molar-refractivity contribution in [2.24, 2.45) is 5.41 Å². The molecule has 1 atom stereocenters. The van der Waals surface area contributed by atoms with Gasteiger partial charge >= 0.3 is 0 Å². The number of carbonyl (C=O) groups excluding carboxylic acids is 1. The predicted molar refractivity (Wildman–Crippen MR) is 185 cm³/mol. The molecule has 1 aliphatic rings. The Hall–Kier alpha value is -3.79. The van der Waals surface area contributed by atoms with Gasteiger partial charge in [-0.1, -0.05) is 133 Å². The number of hydrogen-bond acceptors (Lipinski definition) is 3. The lowest BCUT2D eigenvalue weighted by atomic mass is 9.71. The number of rotatable bonds is 11. The molecule has 228 valence electrons. The van der Waals surface area contributed by atoms with E-state index in [0.29, 0.717) is 12.0 Å². The highest BCUT2D eigenvalue weighted by Gasteiger charge is 2.36. The van der Waals surface area contributed by atoms with E-state index in [0.717, 1.165) is 44.6 Å². The Balaban J connectivity index is 1.94. The predicted octanol–water partition coefficient (Wildman–Crippen LogP) is 9.50. The molecule has 3 heteroatoms. The van der Waals surface area contributed by atoms with Crippen molar-refractivity contribution >= 4 is 11.9 Å². The smallest absolute Gasteiger partial charge is 0.187 e. The van der Waals surface area contributed by atoms with E-state index in [1.807, 2.05) is 49.5 Å². The molecule has 0 bridgehead atoms. The van der Waals surface area contributed by atoms with Crippen LogP contribution in [0, 0.1) is 19.3 Å². The SMILES string of the molecule is CC1=C(/C=C/C(C)=C/C=C/C(C)=C/C=C/C=C(C)/C=C/C=C(C)/C=C/c2ccc(C)c(C)c2CO)C(C)(C)CC(O)C1=O. The van der Waals surface area contributed by atoms with Crippen molar-refractivity contribution < 1.29 is 15.0 Å². The Kier molecular flexibility index (Phi) is 13.8. The van der Waals surface area contributed by atoms with Crippen LogP contribution in [0.2, 0.25) is 0 Å². The van der Waals surface area contributed by atoms with Gasteiger partial charge in [-0.15, -0.1) is 0 Å². The molecule has 1 aromatic carbocycles. The van der Waals surface area contributed by atoms with Gasteiger partial charge < -0.3 is 10.2 Å². The van der Waals surface area contributed by atoms with Crippen molar-refractivity contribution in [1.82, 2.24) is 0 Å². The number of aliphatic hydroxyl groups is 2. The van der Waals surface area contributed by atoms with Gasteiger partial charge in [0.05, 0.1) is 6.61 Å². The Labute approximate surface area is 260 Å². The number of allylic oxidation sites excluding steroid dienone is 18. The summed E-state index contributed by atoms with van der Waals surface area (Å²) in [5.41, 5.74) is 10.3. The van der Waals surface area contributed by atoms with Crippen molar-refractivity contribution in [3.8, 4) is 0 Å². The first kappa shape index (κ1) is 35.4. The third kappa shape index (κ3) is 11.1. The summed E-state index contributed by atoms with van der Waals surface area (Å²) in [6.07, 6.45) is 28.3. The average Bonchev–Trinajstić information content (AvgIpc) is 2.94. The first-order valence-corrected chi connectivity index (χ1v) is 15.0. The Bertz CT molecular complexity index is 1470. The van der Waals surface area contributed by atoms with E-state index in [1.54, 1.807) is 6.92 Å². The summed E-state index contributed by atoms with van der Waals surface area (Å²) >= 11 is 0. The molecule has 3 nitrogen and oxygen atoms in total. The van der Waals surface area contributed by atoms with Crippen LogP contribution in [0.4, 0.5) is 0 Å². The maximum absolute atomic E-state index is 12.2. The van der Waals surface area contributed by atoms with Crippen LogP contribution in [0.1, 0.15) is 77.1 Å². The molecule has 43 heavy (non-hydrogen) atoms. The molecule has 0 fully saturated rings. The lowest BCUT2D eigenvalue weighted by Gasteiger charge is -2.34. The molecule has 0 saturated carbocycles. The average molecular weight is 579 g/mol. The first-order chi connectivity index (χ1) is 20.3. The van der Waals surface area contributed by atoms with Crippen LogP contribution in [-0.2, 0) is 11.4 Å². The van der Waals surface area contributed by atoms with Gasteiger partial charge in [0.25, 0.3) is 0 Å². The maximum atomic E-state index is 12.2. The van der Waals surface area contributed by atoms with E-state index in [1.165, 1.54) is 5.56 Å². The molecular formula is C40H50O3. The van der Waals surface area contributed by atoms with Gasteiger partial charge in [0.1, 0.15) is 6.10 Å². The second-order valence-electron chi connectivity index (χ2n) is 12.2. The zero-order chi connectivity index (χ0) is 32.2. The van der Waals surface area contributed by atoms with Crippen LogP contribution >= 0.6 is 0 Å². The zero-order valence-electron chi connectivity index (χ0n) is 27.5. The molecule has 2 N–H and O–H groups in total. The van der Waals surface area contributed by atoms with Crippen molar-refractivity contribution in [1.29, 1.82) is 0 Å². The summed E-state index contributed by atoms with van der Waals surface area (Å²) in [6.45, 7) is 18.3. The monoisotopic (exact) mass is 578 g/mol. The highest BCUT2D eigenvalue weighted by atomic mass is 16.3. The highest BCUT2D eigenvalue weighted by Crippen LogP contribution is 2.39. The van der Waals surface area contributed by atoms with E-state index in [9.17, 15) is 15.0 Å². The molecule has 0 heterocycles. The minimum Gasteiger partial charge on any atom is -0.392 e. The van der Waals surface area contributed by atoms with Crippen LogP contribution in [0.15, 0.2) is 125 Å². The third-order valence-electron chi connectivity index (χ3n) is 7.88. The van der Waals surface area contributed by atoms with Crippen molar-refractivity contribution in [3.05, 3.63) is 147 Å². The number of hydrogen-bond donors (Lipinski definition) is 2.